The van der Waals surface area contributed by atoms with Gasteiger partial charge in [-0.05, 0) is 25.2 Å². The van der Waals surface area contributed by atoms with Crippen LogP contribution in [0.4, 0.5) is 13.2 Å². The number of halogens is 3. The summed E-state index contributed by atoms with van der Waals surface area (Å²) in [6.45, 7) is 10.1. The Hall–Kier alpha value is -0.290. The predicted molar refractivity (Wildman–Crippen MR) is 76.8 cm³/mol. The van der Waals surface area contributed by atoms with Crippen LogP contribution >= 0.6 is 0 Å². The molecule has 1 aliphatic heterocycles. The Bertz CT molecular complexity index is 285. The minimum absolute atomic E-state index is 0.112. The first-order valence-electron chi connectivity index (χ1n) is 7.77. The van der Waals surface area contributed by atoms with Crippen molar-refractivity contribution in [3.63, 3.8) is 0 Å². The number of rotatable bonds is 6. The van der Waals surface area contributed by atoms with Crippen LogP contribution in [-0.2, 0) is 0 Å². The van der Waals surface area contributed by atoms with E-state index in [0.29, 0.717) is 12.0 Å². The van der Waals surface area contributed by atoms with Gasteiger partial charge in [0.05, 0.1) is 6.42 Å². The first kappa shape index (κ1) is 17.8. The van der Waals surface area contributed by atoms with Crippen molar-refractivity contribution in [3.05, 3.63) is 0 Å². The predicted octanol–water partition coefficient (Wildman–Crippen LogP) is 3.82. The first-order chi connectivity index (χ1) is 9.22. The van der Waals surface area contributed by atoms with Crippen LogP contribution in [0.25, 0.3) is 0 Å². The van der Waals surface area contributed by atoms with E-state index in [1.54, 1.807) is 0 Å². The van der Waals surface area contributed by atoms with Crippen LogP contribution in [0.3, 0.4) is 0 Å². The lowest BCUT2D eigenvalue weighted by Gasteiger charge is -2.50. The molecule has 1 aliphatic rings. The van der Waals surface area contributed by atoms with E-state index in [2.05, 4.69) is 37.9 Å². The van der Waals surface area contributed by atoms with Crippen LogP contribution in [0.1, 0.15) is 53.4 Å². The molecule has 0 aromatic heterocycles. The van der Waals surface area contributed by atoms with Crippen molar-refractivity contribution < 1.29 is 13.2 Å². The van der Waals surface area contributed by atoms with Gasteiger partial charge in [0.15, 0.2) is 0 Å². The zero-order valence-corrected chi connectivity index (χ0v) is 13.2. The Labute approximate surface area is 121 Å². The molecule has 0 saturated carbocycles. The maximum Gasteiger partial charge on any atom is 0.390 e. The molecule has 1 heterocycles. The number of alkyl halides is 3. The molecule has 20 heavy (non-hydrogen) atoms. The standard InChI is InChI=1S/C15H29F3N2/c1-5-14(6-2)11-19-13(9-12(3)4)10-20(14)8-7-15(16,17)18/h12-13,19H,5-11H2,1-4H3. The monoisotopic (exact) mass is 294 g/mol. The van der Waals surface area contributed by atoms with Gasteiger partial charge in [0.25, 0.3) is 0 Å². The molecule has 0 spiro atoms. The quantitative estimate of drug-likeness (QED) is 0.801. The maximum atomic E-state index is 12.5. The molecular formula is C15H29F3N2. The highest BCUT2D eigenvalue weighted by Gasteiger charge is 2.40. The van der Waals surface area contributed by atoms with E-state index in [1.807, 2.05) is 0 Å². The summed E-state index contributed by atoms with van der Waals surface area (Å²) in [6.07, 6.45) is -1.97. The molecule has 2 nitrogen and oxygen atoms in total. The van der Waals surface area contributed by atoms with Crippen molar-refractivity contribution in [2.45, 2.75) is 71.1 Å². The minimum atomic E-state index is -4.06. The summed E-state index contributed by atoms with van der Waals surface area (Å²) in [5.41, 5.74) is -0.112. The fraction of sp³-hybridized carbons (Fsp3) is 1.00. The average molecular weight is 294 g/mol. The van der Waals surface area contributed by atoms with Crippen molar-refractivity contribution >= 4 is 0 Å². The molecule has 0 radical (unpaired) electrons. The van der Waals surface area contributed by atoms with E-state index in [4.69, 9.17) is 0 Å². The molecule has 0 aliphatic carbocycles. The van der Waals surface area contributed by atoms with Gasteiger partial charge in [0, 0.05) is 31.2 Å². The van der Waals surface area contributed by atoms with Crippen molar-refractivity contribution in [2.75, 3.05) is 19.6 Å². The highest BCUT2D eigenvalue weighted by atomic mass is 19.4. The van der Waals surface area contributed by atoms with E-state index in [1.165, 1.54) is 0 Å². The topological polar surface area (TPSA) is 15.3 Å². The molecule has 120 valence electrons. The van der Waals surface area contributed by atoms with Gasteiger partial charge in [-0.25, -0.2) is 0 Å². The van der Waals surface area contributed by atoms with Crippen LogP contribution in [0, 0.1) is 5.92 Å². The van der Waals surface area contributed by atoms with Crippen molar-refractivity contribution in [1.82, 2.24) is 10.2 Å². The van der Waals surface area contributed by atoms with Gasteiger partial charge in [0.1, 0.15) is 0 Å². The van der Waals surface area contributed by atoms with Gasteiger partial charge in [0.2, 0.25) is 0 Å². The van der Waals surface area contributed by atoms with Gasteiger partial charge in [-0.15, -0.1) is 0 Å². The summed E-state index contributed by atoms with van der Waals surface area (Å²) in [7, 11) is 0. The second-order valence-corrected chi connectivity index (χ2v) is 6.45. The van der Waals surface area contributed by atoms with Crippen LogP contribution < -0.4 is 5.32 Å². The highest BCUT2D eigenvalue weighted by molar-refractivity contribution is 4.97. The maximum absolute atomic E-state index is 12.5. The Kier molecular flexibility index (Phi) is 6.32. The van der Waals surface area contributed by atoms with E-state index in [-0.39, 0.29) is 12.1 Å². The van der Waals surface area contributed by atoms with Gasteiger partial charge < -0.3 is 5.32 Å². The highest BCUT2D eigenvalue weighted by Crippen LogP contribution is 2.30. The molecule has 0 aromatic carbocycles. The van der Waals surface area contributed by atoms with Crippen LogP contribution in [0.15, 0.2) is 0 Å². The summed E-state index contributed by atoms with van der Waals surface area (Å²) in [5.74, 6) is 0.563. The van der Waals surface area contributed by atoms with Gasteiger partial charge in [-0.2, -0.15) is 13.2 Å². The molecule has 5 heteroatoms. The van der Waals surface area contributed by atoms with Crippen molar-refractivity contribution in [2.24, 2.45) is 5.92 Å². The SMILES string of the molecule is CCC1(CC)CNC(CC(C)C)CN1CCC(F)(F)F. The fourth-order valence-corrected chi connectivity index (χ4v) is 3.23. The van der Waals surface area contributed by atoms with Gasteiger partial charge in [-0.3, -0.25) is 4.90 Å². The third kappa shape index (κ3) is 4.92. The van der Waals surface area contributed by atoms with Crippen molar-refractivity contribution in [3.8, 4) is 0 Å². The molecular weight excluding hydrogens is 265 g/mol. The molecule has 1 unspecified atom stereocenters. The number of piperazine rings is 1. The number of hydrogen-bond acceptors (Lipinski definition) is 2. The zero-order valence-electron chi connectivity index (χ0n) is 13.2. The number of hydrogen-bond donors (Lipinski definition) is 1. The third-order valence-corrected chi connectivity index (χ3v) is 4.57. The summed E-state index contributed by atoms with van der Waals surface area (Å²) in [6, 6.07) is 0.314. The molecule has 1 N–H and O–H groups in total. The first-order valence-corrected chi connectivity index (χ1v) is 7.77. The fourth-order valence-electron chi connectivity index (χ4n) is 3.23. The van der Waals surface area contributed by atoms with Crippen molar-refractivity contribution in [1.29, 1.82) is 0 Å². The van der Waals surface area contributed by atoms with Gasteiger partial charge in [-0.1, -0.05) is 27.7 Å². The lowest BCUT2D eigenvalue weighted by molar-refractivity contribution is -0.143. The molecule has 1 atom stereocenters. The smallest absolute Gasteiger partial charge is 0.311 e. The van der Waals surface area contributed by atoms with E-state index in [9.17, 15) is 13.2 Å². The summed E-state index contributed by atoms with van der Waals surface area (Å²) < 4.78 is 37.6. The summed E-state index contributed by atoms with van der Waals surface area (Å²) >= 11 is 0. The Balaban J connectivity index is 2.72. The van der Waals surface area contributed by atoms with E-state index >= 15 is 0 Å². The average Bonchev–Trinajstić information content (AvgIpc) is 2.35. The van der Waals surface area contributed by atoms with Crippen LogP contribution in [-0.4, -0.2) is 42.3 Å². The normalized spacial score (nSPS) is 24.3. The number of nitrogens with one attached hydrogen (secondary N) is 1. The lowest BCUT2D eigenvalue weighted by atomic mass is 9.85. The van der Waals surface area contributed by atoms with Crippen LogP contribution in [0.2, 0.25) is 0 Å². The molecule has 1 fully saturated rings. The second kappa shape index (κ2) is 7.12. The van der Waals surface area contributed by atoms with Gasteiger partial charge >= 0.3 is 6.18 Å². The molecule has 1 rings (SSSR count). The molecule has 0 bridgehead atoms. The summed E-state index contributed by atoms with van der Waals surface area (Å²) in [5, 5.41) is 3.55. The molecule has 0 amide bonds. The Morgan fingerprint density at radius 2 is 1.85 bits per heavy atom. The largest absolute Gasteiger partial charge is 0.390 e. The Morgan fingerprint density at radius 3 is 2.30 bits per heavy atom. The zero-order chi connectivity index (χ0) is 15.4. The van der Waals surface area contributed by atoms with E-state index in [0.717, 1.165) is 32.4 Å². The second-order valence-electron chi connectivity index (χ2n) is 6.45. The minimum Gasteiger partial charge on any atom is -0.311 e. The molecule has 0 aromatic rings. The van der Waals surface area contributed by atoms with E-state index < -0.39 is 12.6 Å². The van der Waals surface area contributed by atoms with Crippen LogP contribution in [0.5, 0.6) is 0 Å². The third-order valence-electron chi connectivity index (χ3n) is 4.57. The lowest BCUT2D eigenvalue weighted by Crippen LogP contribution is -2.64. The summed E-state index contributed by atoms with van der Waals surface area (Å²) in [4.78, 5) is 2.09. The molecule has 1 saturated heterocycles. The Morgan fingerprint density at radius 1 is 1.25 bits per heavy atom. The number of nitrogens with zero attached hydrogens (tertiary/aromatic N) is 1.